The molecule has 0 bridgehead atoms. The van der Waals surface area contributed by atoms with Gasteiger partial charge in [0, 0.05) is 31.7 Å². The van der Waals surface area contributed by atoms with Gasteiger partial charge in [0.15, 0.2) is 0 Å². The number of anilines is 2. The molecule has 2 aromatic rings. The van der Waals surface area contributed by atoms with Crippen molar-refractivity contribution in [3.8, 4) is 0 Å². The quantitative estimate of drug-likeness (QED) is 0.246. The van der Waals surface area contributed by atoms with Crippen molar-refractivity contribution in [2.45, 2.75) is 32.0 Å². The normalized spacial score (nSPS) is 14.9. The summed E-state index contributed by atoms with van der Waals surface area (Å²) in [5, 5.41) is 9.04. The number of imide groups is 1. The SMILES string of the molecule is CN(/C=C(/C(=O)O)C(=O)N(C=O)Cc1cccc(Cl)c1C(F)(F)F)c1ccc2c(c1)N(C)C(=O)C2(C)C. The summed E-state index contributed by atoms with van der Waals surface area (Å²) in [7, 11) is 3.05. The first-order valence-corrected chi connectivity index (χ1v) is 11.2. The van der Waals surface area contributed by atoms with E-state index in [9.17, 15) is 37.5 Å². The fourth-order valence-electron chi connectivity index (χ4n) is 4.17. The Hall–Kier alpha value is -3.86. The van der Waals surface area contributed by atoms with Gasteiger partial charge in [-0.05, 0) is 43.2 Å². The summed E-state index contributed by atoms with van der Waals surface area (Å²) in [6, 6.07) is 8.26. The molecular weight excluding hydrogens is 515 g/mol. The van der Waals surface area contributed by atoms with Crippen LogP contribution < -0.4 is 9.80 Å². The minimum Gasteiger partial charge on any atom is -0.477 e. The Morgan fingerprint density at radius 2 is 1.84 bits per heavy atom. The molecule has 1 N–H and O–H groups in total. The molecule has 196 valence electrons. The molecule has 0 fully saturated rings. The van der Waals surface area contributed by atoms with Crippen molar-refractivity contribution in [3.63, 3.8) is 0 Å². The Labute approximate surface area is 215 Å². The first-order chi connectivity index (χ1) is 17.1. The fraction of sp³-hybridized carbons (Fsp3) is 0.280. The smallest absolute Gasteiger partial charge is 0.418 e. The molecule has 37 heavy (non-hydrogen) atoms. The number of likely N-dealkylation sites (N-methyl/N-ethyl adjacent to an activating group) is 1. The highest BCUT2D eigenvalue weighted by molar-refractivity contribution is 6.31. The van der Waals surface area contributed by atoms with E-state index in [1.54, 1.807) is 39.1 Å². The molecule has 1 aliphatic rings. The van der Waals surface area contributed by atoms with E-state index < -0.39 is 51.7 Å². The Morgan fingerprint density at radius 3 is 2.41 bits per heavy atom. The van der Waals surface area contributed by atoms with Crippen LogP contribution in [0.3, 0.4) is 0 Å². The van der Waals surface area contributed by atoms with Crippen LogP contribution in [-0.2, 0) is 37.3 Å². The molecule has 0 aliphatic carbocycles. The standard InChI is InChI=1S/C25H23ClF3N3O5/c1-24(2)17-9-8-15(10-19(17)31(4)23(24)37)30(3)12-16(22(35)36)21(34)32(13-33)11-14-6-5-7-18(26)20(14)25(27,28)29/h5-10,12-13H,11H2,1-4H3,(H,35,36)/b16-12+. The molecule has 1 heterocycles. The van der Waals surface area contributed by atoms with Gasteiger partial charge in [-0.3, -0.25) is 19.3 Å². The molecule has 0 saturated heterocycles. The first kappa shape index (κ1) is 27.7. The van der Waals surface area contributed by atoms with Crippen LogP contribution >= 0.6 is 11.6 Å². The predicted octanol–water partition coefficient (Wildman–Crippen LogP) is 4.20. The van der Waals surface area contributed by atoms with Crippen LogP contribution in [0.15, 0.2) is 48.2 Å². The van der Waals surface area contributed by atoms with Gasteiger partial charge >= 0.3 is 12.1 Å². The lowest BCUT2D eigenvalue weighted by Gasteiger charge is -2.22. The van der Waals surface area contributed by atoms with E-state index in [1.807, 2.05) is 0 Å². The van der Waals surface area contributed by atoms with E-state index >= 15 is 0 Å². The summed E-state index contributed by atoms with van der Waals surface area (Å²) in [5.74, 6) is -3.14. The van der Waals surface area contributed by atoms with Gasteiger partial charge in [0.2, 0.25) is 12.3 Å². The Balaban J connectivity index is 1.95. The van der Waals surface area contributed by atoms with E-state index in [4.69, 9.17) is 11.6 Å². The van der Waals surface area contributed by atoms with E-state index in [0.29, 0.717) is 16.3 Å². The van der Waals surface area contributed by atoms with Crippen molar-refractivity contribution in [1.82, 2.24) is 4.90 Å². The molecule has 8 nitrogen and oxygen atoms in total. The van der Waals surface area contributed by atoms with Crippen molar-refractivity contribution < 1.29 is 37.5 Å². The van der Waals surface area contributed by atoms with Crippen LogP contribution in [0.4, 0.5) is 24.5 Å². The molecule has 2 aromatic carbocycles. The number of carbonyl (C=O) groups is 4. The van der Waals surface area contributed by atoms with Gasteiger partial charge in [0.1, 0.15) is 5.57 Å². The van der Waals surface area contributed by atoms with Crippen molar-refractivity contribution in [2.75, 3.05) is 23.9 Å². The maximum Gasteiger partial charge on any atom is 0.418 e. The molecule has 1 aliphatic heterocycles. The maximum absolute atomic E-state index is 13.5. The zero-order valence-corrected chi connectivity index (χ0v) is 21.0. The molecule has 0 radical (unpaired) electrons. The molecule has 0 atom stereocenters. The highest BCUT2D eigenvalue weighted by Gasteiger charge is 2.42. The van der Waals surface area contributed by atoms with Gasteiger partial charge in [0.25, 0.3) is 5.91 Å². The number of nitrogens with zero attached hydrogens (tertiary/aromatic N) is 3. The molecule has 0 spiro atoms. The average molecular weight is 538 g/mol. The third kappa shape index (κ3) is 5.17. The lowest BCUT2D eigenvalue weighted by atomic mass is 9.86. The Kier molecular flexibility index (Phi) is 7.41. The maximum atomic E-state index is 13.5. The highest BCUT2D eigenvalue weighted by Crippen LogP contribution is 2.42. The van der Waals surface area contributed by atoms with Crippen molar-refractivity contribution >= 4 is 47.2 Å². The molecule has 3 rings (SSSR count). The largest absolute Gasteiger partial charge is 0.477 e. The zero-order valence-electron chi connectivity index (χ0n) is 20.3. The second-order valence-corrected chi connectivity index (χ2v) is 9.37. The van der Waals surface area contributed by atoms with Crippen LogP contribution in [0.2, 0.25) is 5.02 Å². The van der Waals surface area contributed by atoms with Crippen LogP contribution in [-0.4, -0.2) is 48.3 Å². The van der Waals surface area contributed by atoms with Crippen LogP contribution in [0.5, 0.6) is 0 Å². The van der Waals surface area contributed by atoms with Crippen molar-refractivity contribution in [1.29, 1.82) is 0 Å². The number of rotatable bonds is 7. The van der Waals surface area contributed by atoms with Gasteiger partial charge in [-0.15, -0.1) is 0 Å². The number of carboxylic acid groups (broad SMARTS) is 1. The summed E-state index contributed by atoms with van der Waals surface area (Å²) in [6.07, 6.45) is -3.96. The van der Waals surface area contributed by atoms with Gasteiger partial charge in [0.05, 0.1) is 22.5 Å². The molecular formula is C25H23ClF3N3O5. The number of halogens is 4. The zero-order chi connectivity index (χ0) is 27.9. The monoisotopic (exact) mass is 537 g/mol. The number of carbonyl (C=O) groups excluding carboxylic acids is 3. The second kappa shape index (κ2) is 9.89. The number of benzene rings is 2. The molecule has 0 unspecified atom stereocenters. The third-order valence-electron chi connectivity index (χ3n) is 6.16. The topological polar surface area (TPSA) is 98.2 Å². The van der Waals surface area contributed by atoms with Gasteiger partial charge in [-0.2, -0.15) is 13.2 Å². The minimum atomic E-state index is -4.87. The highest BCUT2D eigenvalue weighted by atomic mass is 35.5. The Morgan fingerprint density at radius 1 is 1.19 bits per heavy atom. The van der Waals surface area contributed by atoms with Crippen molar-refractivity contribution in [3.05, 3.63) is 69.9 Å². The molecule has 0 saturated carbocycles. The van der Waals surface area contributed by atoms with Crippen molar-refractivity contribution in [2.24, 2.45) is 0 Å². The van der Waals surface area contributed by atoms with Gasteiger partial charge in [-0.1, -0.05) is 29.8 Å². The summed E-state index contributed by atoms with van der Waals surface area (Å²) in [4.78, 5) is 52.2. The summed E-state index contributed by atoms with van der Waals surface area (Å²) in [6.45, 7) is 2.70. The van der Waals surface area contributed by atoms with E-state index in [0.717, 1.165) is 23.9 Å². The number of alkyl halides is 3. The summed E-state index contributed by atoms with van der Waals surface area (Å²) in [5.41, 5.74) is -1.53. The third-order valence-corrected chi connectivity index (χ3v) is 6.47. The average Bonchev–Trinajstić information content (AvgIpc) is 2.99. The minimum absolute atomic E-state index is 0.0434. The van der Waals surface area contributed by atoms with Gasteiger partial charge in [-0.25, -0.2) is 4.79 Å². The van der Waals surface area contributed by atoms with E-state index in [1.165, 1.54) is 22.9 Å². The first-order valence-electron chi connectivity index (χ1n) is 10.8. The number of amides is 3. The summed E-state index contributed by atoms with van der Waals surface area (Å²) >= 11 is 5.70. The van der Waals surface area contributed by atoms with Crippen LogP contribution in [0.25, 0.3) is 0 Å². The Bertz CT molecular complexity index is 1320. The fourth-order valence-corrected chi connectivity index (χ4v) is 4.47. The lowest BCUT2D eigenvalue weighted by Crippen LogP contribution is -2.34. The number of hydrogen-bond donors (Lipinski definition) is 1. The van der Waals surface area contributed by atoms with Crippen LogP contribution in [0, 0.1) is 0 Å². The number of carboxylic acids is 1. The predicted molar refractivity (Wildman–Crippen MR) is 130 cm³/mol. The number of hydrogen-bond acceptors (Lipinski definition) is 5. The van der Waals surface area contributed by atoms with E-state index in [-0.39, 0.29) is 12.3 Å². The summed E-state index contributed by atoms with van der Waals surface area (Å²) < 4.78 is 40.5. The number of aliphatic carboxylic acids is 1. The molecule has 3 amide bonds. The molecule has 12 heteroatoms. The second-order valence-electron chi connectivity index (χ2n) is 8.96. The molecule has 0 aromatic heterocycles. The van der Waals surface area contributed by atoms with Crippen LogP contribution in [0.1, 0.15) is 30.5 Å². The lowest BCUT2D eigenvalue weighted by molar-refractivity contribution is -0.143. The number of fused-ring (bicyclic) bond motifs is 1. The van der Waals surface area contributed by atoms with E-state index in [2.05, 4.69) is 0 Å². The van der Waals surface area contributed by atoms with Gasteiger partial charge < -0.3 is 14.9 Å².